The van der Waals surface area contributed by atoms with Gasteiger partial charge >= 0.3 is 4.87 Å². The number of amides is 3. The molecule has 0 radical (unpaired) electrons. The maximum Gasteiger partial charge on any atom is 0.305 e. The summed E-state index contributed by atoms with van der Waals surface area (Å²) in [6.45, 7) is -0.258. The van der Waals surface area contributed by atoms with Crippen molar-refractivity contribution in [2.24, 2.45) is 29.6 Å². The number of carbonyl (C=O) groups is 3. The predicted octanol–water partition coefficient (Wildman–Crippen LogP) is 4.85. The molecule has 2 aliphatic carbocycles. The molecule has 12 heteroatoms. The van der Waals surface area contributed by atoms with Gasteiger partial charge < -0.3 is 24.9 Å². The average Bonchev–Trinajstić information content (AvgIpc) is 3.80. The third-order valence-corrected chi connectivity index (χ3v) is 12.4. The zero-order valence-electron chi connectivity index (χ0n) is 24.5. The molecule has 3 amide bonds. The normalized spacial score (nSPS) is 27.2. The monoisotopic (exact) mass is 655 g/mol. The van der Waals surface area contributed by atoms with Crippen LogP contribution in [0.2, 0.25) is 0 Å². The second kappa shape index (κ2) is 11.1. The zero-order valence-corrected chi connectivity index (χ0v) is 26.2. The first kappa shape index (κ1) is 28.9. The first-order valence-electron chi connectivity index (χ1n) is 15.0. The molecule has 10 nitrogen and oxygen atoms in total. The molecule has 1 aromatic heterocycles. The number of hydrogen-bond acceptors (Lipinski definition) is 9. The molecule has 0 spiro atoms. The lowest BCUT2D eigenvalue weighted by Gasteiger charge is -2.43. The number of thioether (sulfide) groups is 1. The van der Waals surface area contributed by atoms with E-state index in [-0.39, 0.29) is 69.8 Å². The van der Waals surface area contributed by atoms with Crippen LogP contribution in [0.25, 0.3) is 0 Å². The van der Waals surface area contributed by atoms with E-state index in [4.69, 9.17) is 9.47 Å². The maximum atomic E-state index is 13.9. The predicted molar refractivity (Wildman–Crippen MR) is 173 cm³/mol. The fourth-order valence-electron chi connectivity index (χ4n) is 8.10. The van der Waals surface area contributed by atoms with Crippen LogP contribution in [0.15, 0.2) is 82.6 Å². The van der Waals surface area contributed by atoms with Crippen molar-refractivity contribution in [3.05, 3.63) is 92.9 Å². The van der Waals surface area contributed by atoms with Crippen molar-refractivity contribution in [2.75, 3.05) is 23.9 Å². The molecule has 0 unspecified atom stereocenters. The summed E-state index contributed by atoms with van der Waals surface area (Å²) in [4.78, 5) is 58.1. The Labute approximate surface area is 271 Å². The SMILES string of the molecule is COc1cc([C@@H]2c3sc(=O)[nH]c3S[C@@H]3[C@@H]4C[C@@H]([C@@H]5C(=O)N(c6ccccc6)C(=O)[C@@H]45)[C@H]23)ccc1OCC(=O)Nc1ccc(O)cc1. The number of aromatic hydroxyl groups is 1. The van der Waals surface area contributed by atoms with Gasteiger partial charge in [-0.15, -0.1) is 11.8 Å². The number of para-hydroxylation sites is 1. The summed E-state index contributed by atoms with van der Waals surface area (Å²) in [5.74, 6) is -0.589. The second-order valence-electron chi connectivity index (χ2n) is 12.1. The van der Waals surface area contributed by atoms with E-state index in [1.54, 1.807) is 42.1 Å². The molecule has 2 bridgehead atoms. The van der Waals surface area contributed by atoms with Crippen LogP contribution in [0.4, 0.5) is 11.4 Å². The van der Waals surface area contributed by atoms with Crippen molar-refractivity contribution < 1.29 is 29.0 Å². The zero-order chi connectivity index (χ0) is 31.7. The van der Waals surface area contributed by atoms with E-state index in [9.17, 15) is 24.3 Å². The van der Waals surface area contributed by atoms with Gasteiger partial charge in [-0.25, -0.2) is 0 Å². The van der Waals surface area contributed by atoms with Crippen LogP contribution in [-0.2, 0) is 14.4 Å². The fraction of sp³-hybridized carbons (Fsp3) is 0.294. The van der Waals surface area contributed by atoms with Crippen LogP contribution < -0.4 is 24.6 Å². The minimum Gasteiger partial charge on any atom is -0.508 e. The molecule has 7 atom stereocenters. The standard InChI is InChI=1S/C34H29N3O7S2/c1-43-23-13-16(7-12-22(23)44-15-24(39)35-17-8-10-19(38)11-9-17)25-26-20-14-21(29(26)45-31-30(25)46-34(42)36-31)28-27(20)32(40)37(33(28)41)18-5-3-2-4-6-18/h2-13,20-21,25-29,38H,14-15H2,1H3,(H,35,39)(H,36,42)/t20-,21-,25+,26-,27+,28+,29-/m1/s1. The number of carbonyl (C=O) groups excluding carboxylic acids is 3. The number of methoxy groups -OCH3 is 1. The van der Waals surface area contributed by atoms with Gasteiger partial charge in [0.2, 0.25) is 11.8 Å². The summed E-state index contributed by atoms with van der Waals surface area (Å²) in [6, 6.07) is 20.9. The Morgan fingerprint density at radius 3 is 2.46 bits per heavy atom. The van der Waals surface area contributed by atoms with Crippen molar-refractivity contribution >= 4 is 52.2 Å². The van der Waals surface area contributed by atoms with Gasteiger partial charge in [0.15, 0.2) is 18.1 Å². The molecule has 3 N–H and O–H groups in total. The fourth-order valence-corrected chi connectivity index (χ4v) is 11.0. The summed E-state index contributed by atoms with van der Waals surface area (Å²) in [5.41, 5.74) is 2.06. The number of anilines is 2. The molecule has 4 aromatic rings. The maximum absolute atomic E-state index is 13.9. The van der Waals surface area contributed by atoms with Crippen LogP contribution in [0, 0.1) is 29.6 Å². The van der Waals surface area contributed by atoms with Gasteiger partial charge in [0, 0.05) is 21.7 Å². The smallest absolute Gasteiger partial charge is 0.305 e. The Bertz CT molecular complexity index is 1920. The highest BCUT2D eigenvalue weighted by Crippen LogP contribution is 2.68. The van der Waals surface area contributed by atoms with Gasteiger partial charge in [0.1, 0.15) is 5.75 Å². The second-order valence-corrected chi connectivity index (χ2v) is 14.3. The first-order valence-corrected chi connectivity index (χ1v) is 16.7. The lowest BCUT2D eigenvalue weighted by atomic mass is 9.68. The van der Waals surface area contributed by atoms with Crippen molar-refractivity contribution in [3.8, 4) is 17.2 Å². The molecule has 3 heterocycles. The molecular formula is C34H29N3O7S2. The van der Waals surface area contributed by atoms with E-state index in [2.05, 4.69) is 10.3 Å². The third-order valence-electron chi connectivity index (χ3n) is 9.79. The van der Waals surface area contributed by atoms with Crippen molar-refractivity contribution in [3.63, 3.8) is 0 Å². The lowest BCUT2D eigenvalue weighted by molar-refractivity contribution is -0.123. The van der Waals surface area contributed by atoms with E-state index < -0.39 is 5.92 Å². The van der Waals surface area contributed by atoms with Gasteiger partial charge in [0.05, 0.1) is 29.7 Å². The number of thiazole rings is 1. The Balaban J connectivity index is 1.09. The van der Waals surface area contributed by atoms with E-state index in [1.165, 1.54) is 35.5 Å². The number of phenolic OH excluding ortho intramolecular Hbond substituents is 1. The summed E-state index contributed by atoms with van der Waals surface area (Å²) >= 11 is 2.84. The van der Waals surface area contributed by atoms with Crippen molar-refractivity contribution in [2.45, 2.75) is 22.6 Å². The quantitative estimate of drug-likeness (QED) is 0.190. The topological polar surface area (TPSA) is 138 Å². The van der Waals surface area contributed by atoms with Gasteiger partial charge in [0.25, 0.3) is 5.91 Å². The van der Waals surface area contributed by atoms with Crippen molar-refractivity contribution in [1.82, 2.24) is 4.98 Å². The molecule has 4 aliphatic rings. The van der Waals surface area contributed by atoms with Crippen LogP contribution in [0.1, 0.15) is 22.8 Å². The Hall–Kier alpha value is -4.55. The van der Waals surface area contributed by atoms with Crippen LogP contribution in [0.3, 0.4) is 0 Å². The Morgan fingerprint density at radius 1 is 0.978 bits per heavy atom. The number of nitrogens with zero attached hydrogens (tertiary/aromatic N) is 1. The first-order chi connectivity index (χ1) is 22.3. The third kappa shape index (κ3) is 4.53. The molecule has 2 saturated carbocycles. The largest absolute Gasteiger partial charge is 0.508 e. The van der Waals surface area contributed by atoms with E-state index in [1.807, 2.05) is 30.3 Å². The van der Waals surface area contributed by atoms with E-state index in [0.717, 1.165) is 21.9 Å². The number of hydrogen-bond donors (Lipinski definition) is 3. The van der Waals surface area contributed by atoms with Gasteiger partial charge in [-0.2, -0.15) is 0 Å². The molecule has 8 rings (SSSR count). The number of ether oxygens (including phenoxy) is 2. The number of nitrogens with one attached hydrogen (secondary N) is 2. The number of aromatic amines is 1. The summed E-state index contributed by atoms with van der Waals surface area (Å²) in [5, 5.41) is 13.1. The Kier molecular flexibility index (Phi) is 6.95. The van der Waals surface area contributed by atoms with Crippen LogP contribution in [0.5, 0.6) is 17.2 Å². The summed E-state index contributed by atoms with van der Waals surface area (Å²) < 4.78 is 11.6. The van der Waals surface area contributed by atoms with Gasteiger partial charge in [-0.3, -0.25) is 24.1 Å². The van der Waals surface area contributed by atoms with Crippen LogP contribution in [-0.4, -0.2) is 46.8 Å². The Morgan fingerprint density at radius 2 is 1.72 bits per heavy atom. The summed E-state index contributed by atoms with van der Waals surface area (Å²) in [7, 11) is 1.53. The average molecular weight is 656 g/mol. The van der Waals surface area contributed by atoms with E-state index in [0.29, 0.717) is 22.9 Å². The number of aromatic nitrogens is 1. The molecule has 234 valence electrons. The van der Waals surface area contributed by atoms with Gasteiger partial charge in [-0.05, 0) is 78.3 Å². The minimum atomic E-state index is -0.393. The summed E-state index contributed by atoms with van der Waals surface area (Å²) in [6.07, 6.45) is 0.794. The number of phenols is 1. The highest BCUT2D eigenvalue weighted by molar-refractivity contribution is 8.00. The molecule has 3 aromatic carbocycles. The molecule has 1 saturated heterocycles. The highest BCUT2D eigenvalue weighted by Gasteiger charge is 2.69. The minimum absolute atomic E-state index is 0.0152. The number of rotatable bonds is 7. The van der Waals surface area contributed by atoms with Crippen LogP contribution >= 0.6 is 23.1 Å². The molecule has 3 fully saturated rings. The number of imide groups is 1. The highest BCUT2D eigenvalue weighted by atomic mass is 32.2. The molecular weight excluding hydrogens is 627 g/mol. The molecule has 2 aliphatic heterocycles. The molecule has 46 heavy (non-hydrogen) atoms. The van der Waals surface area contributed by atoms with Crippen molar-refractivity contribution in [1.29, 1.82) is 0 Å². The number of fused-ring (bicyclic) bond motifs is 9. The lowest BCUT2D eigenvalue weighted by Crippen LogP contribution is -2.42. The van der Waals surface area contributed by atoms with Gasteiger partial charge in [-0.1, -0.05) is 35.6 Å². The number of benzene rings is 3. The van der Waals surface area contributed by atoms with E-state index >= 15 is 0 Å². The number of H-pyrrole nitrogens is 1.